The summed E-state index contributed by atoms with van der Waals surface area (Å²) in [6, 6.07) is 28.4. The summed E-state index contributed by atoms with van der Waals surface area (Å²) in [4.78, 5) is 13.6. The lowest BCUT2D eigenvalue weighted by Crippen LogP contribution is -2.21. The summed E-state index contributed by atoms with van der Waals surface area (Å²) in [5, 5.41) is 6.03. The summed E-state index contributed by atoms with van der Waals surface area (Å²) in [6.45, 7) is 1.87. The number of nitrogens with zero attached hydrogens (tertiary/aromatic N) is 2. The van der Waals surface area contributed by atoms with E-state index in [1.807, 2.05) is 90.2 Å². The van der Waals surface area contributed by atoms with Crippen molar-refractivity contribution in [3.05, 3.63) is 123 Å². The van der Waals surface area contributed by atoms with Gasteiger partial charge in [-0.05, 0) is 77.6 Å². The van der Waals surface area contributed by atoms with Crippen molar-refractivity contribution in [2.24, 2.45) is 5.10 Å². The molecule has 0 aromatic heterocycles. The van der Waals surface area contributed by atoms with Gasteiger partial charge in [0.15, 0.2) is 11.5 Å². The molecule has 4 aromatic carbocycles. The number of hydrogen-bond acceptors (Lipinski definition) is 6. The number of aryl methyl sites for hydroxylation is 1. The van der Waals surface area contributed by atoms with Gasteiger partial charge in [-0.2, -0.15) is 18.5 Å². The number of carbonyl (C=O) groups excluding carboxylic acids is 1. The molecule has 196 valence electrons. The molecule has 0 radical (unpaired) electrons. The van der Waals surface area contributed by atoms with E-state index in [9.17, 15) is 13.2 Å². The van der Waals surface area contributed by atoms with Crippen molar-refractivity contribution in [1.29, 1.82) is 0 Å². The molecule has 0 saturated heterocycles. The Morgan fingerprint density at radius 3 is 2.18 bits per heavy atom. The molecule has 0 atom stereocenters. The Hall–Kier alpha value is -3.96. The van der Waals surface area contributed by atoms with Crippen LogP contribution in [0.4, 0.5) is 5.69 Å². The molecule has 9 heteroatoms. The van der Waals surface area contributed by atoms with Gasteiger partial charge in [0.05, 0.1) is 21.9 Å². The zero-order valence-electron chi connectivity index (χ0n) is 21.0. The molecule has 0 fully saturated rings. The van der Waals surface area contributed by atoms with Crippen molar-refractivity contribution in [2.45, 2.75) is 11.8 Å². The van der Waals surface area contributed by atoms with Crippen LogP contribution in [0, 0.1) is 10.5 Å². The van der Waals surface area contributed by atoms with Gasteiger partial charge in [-0.3, -0.25) is 4.79 Å². The van der Waals surface area contributed by atoms with E-state index in [1.165, 1.54) is 24.3 Å². The van der Waals surface area contributed by atoms with Crippen LogP contribution in [0.15, 0.2) is 113 Å². The van der Waals surface area contributed by atoms with E-state index < -0.39 is 10.1 Å². The van der Waals surface area contributed by atoms with Crippen molar-refractivity contribution in [2.75, 3.05) is 12.1 Å². The van der Waals surface area contributed by atoms with Crippen LogP contribution in [-0.2, 0) is 14.9 Å². The van der Waals surface area contributed by atoms with Crippen LogP contribution in [0.2, 0.25) is 0 Å². The summed E-state index contributed by atoms with van der Waals surface area (Å²) in [5.41, 5.74) is 3.92. The summed E-state index contributed by atoms with van der Waals surface area (Å²) >= 11 is 2.00. The Balaban J connectivity index is 1.55. The molecule has 0 aliphatic carbocycles. The Labute approximate surface area is 240 Å². The third-order valence-corrected chi connectivity index (χ3v) is 8.03. The second kappa shape index (κ2) is 11.0. The average Bonchev–Trinajstić information content (AvgIpc) is 3.26. The minimum atomic E-state index is -4.09. The molecule has 1 aliphatic rings. The molecule has 1 aliphatic heterocycles. The first kappa shape index (κ1) is 26.6. The molecule has 0 spiro atoms. The summed E-state index contributed by atoms with van der Waals surface area (Å²) in [6.07, 6.45) is 1.72. The fraction of sp³-hybridized carbons (Fsp3) is 0.0667. The highest BCUT2D eigenvalue weighted by Gasteiger charge is 2.32. The van der Waals surface area contributed by atoms with Crippen molar-refractivity contribution in [1.82, 2.24) is 0 Å². The van der Waals surface area contributed by atoms with E-state index >= 15 is 0 Å². The lowest BCUT2D eigenvalue weighted by atomic mass is 10.00. The van der Waals surface area contributed by atoms with Crippen molar-refractivity contribution in [3.63, 3.8) is 0 Å². The van der Waals surface area contributed by atoms with Crippen molar-refractivity contribution < 1.29 is 22.1 Å². The number of carbonyl (C=O) groups is 1. The maximum absolute atomic E-state index is 13.6. The number of para-hydroxylation sites is 1. The second-order valence-electron chi connectivity index (χ2n) is 8.71. The third kappa shape index (κ3) is 5.59. The summed E-state index contributed by atoms with van der Waals surface area (Å²) < 4.78 is 37.4. The Morgan fingerprint density at radius 1 is 0.897 bits per heavy atom. The largest absolute Gasteiger partial charge is 0.493 e. The summed E-state index contributed by atoms with van der Waals surface area (Å²) in [7, 11) is -2.66. The number of halogens is 1. The van der Waals surface area contributed by atoms with Gasteiger partial charge >= 0.3 is 10.1 Å². The second-order valence-corrected chi connectivity index (χ2v) is 11.4. The van der Waals surface area contributed by atoms with Crippen LogP contribution in [-0.4, -0.2) is 27.1 Å². The van der Waals surface area contributed by atoms with E-state index in [0.717, 1.165) is 11.1 Å². The SMILES string of the molecule is COc1cc(/C=C2\C(=O)N(c3ccccc3)N=C2c2ccccc2)cc(I)c1OS(=O)(=O)c1ccc(C)cc1. The highest BCUT2D eigenvalue weighted by molar-refractivity contribution is 14.1. The van der Waals surface area contributed by atoms with Crippen LogP contribution in [0.3, 0.4) is 0 Å². The van der Waals surface area contributed by atoms with Crippen LogP contribution >= 0.6 is 22.6 Å². The molecule has 5 rings (SSSR count). The molecule has 0 unspecified atom stereocenters. The fourth-order valence-electron chi connectivity index (χ4n) is 4.03. The van der Waals surface area contributed by atoms with Crippen LogP contribution in [0.25, 0.3) is 6.08 Å². The predicted octanol–water partition coefficient (Wildman–Crippen LogP) is 6.21. The predicted molar refractivity (Wildman–Crippen MR) is 160 cm³/mol. The molecule has 7 nitrogen and oxygen atoms in total. The first-order valence-electron chi connectivity index (χ1n) is 11.9. The Morgan fingerprint density at radius 2 is 1.54 bits per heavy atom. The van der Waals surface area contributed by atoms with Crippen LogP contribution in [0.5, 0.6) is 11.5 Å². The molecular formula is C30H23IN2O5S. The number of benzene rings is 4. The van der Waals surface area contributed by atoms with Gasteiger partial charge in [0.1, 0.15) is 10.6 Å². The van der Waals surface area contributed by atoms with Gasteiger partial charge in [-0.15, -0.1) is 0 Å². The first-order chi connectivity index (χ1) is 18.8. The lowest BCUT2D eigenvalue weighted by Gasteiger charge is -2.14. The highest BCUT2D eigenvalue weighted by Crippen LogP contribution is 2.37. The van der Waals surface area contributed by atoms with E-state index in [1.54, 1.807) is 30.3 Å². The van der Waals surface area contributed by atoms with Crippen LogP contribution in [0.1, 0.15) is 16.7 Å². The quantitative estimate of drug-likeness (QED) is 0.135. The van der Waals surface area contributed by atoms with Gasteiger partial charge in [0, 0.05) is 5.56 Å². The lowest BCUT2D eigenvalue weighted by molar-refractivity contribution is -0.114. The Bertz CT molecular complexity index is 1700. The fourth-order valence-corrected chi connectivity index (χ4v) is 5.87. The molecule has 0 saturated carbocycles. The molecule has 4 aromatic rings. The average molecular weight is 650 g/mol. The maximum atomic E-state index is 13.6. The van der Waals surface area contributed by atoms with E-state index in [4.69, 9.17) is 8.92 Å². The topological polar surface area (TPSA) is 85.3 Å². The van der Waals surface area contributed by atoms with Crippen molar-refractivity contribution in [3.8, 4) is 11.5 Å². The smallest absolute Gasteiger partial charge is 0.339 e. The van der Waals surface area contributed by atoms with Crippen molar-refractivity contribution >= 4 is 56.1 Å². The molecule has 0 bridgehead atoms. The standard InChI is InChI=1S/C30H23IN2O5S/c1-20-13-15-24(16-14-20)39(35,36)38-29-26(31)18-21(19-27(29)37-2)17-25-28(22-9-5-3-6-10-22)32-33(30(25)34)23-11-7-4-8-12-23/h3-19H,1-2H3/b25-17-. The van der Waals surface area contributed by atoms with E-state index in [-0.39, 0.29) is 22.3 Å². The van der Waals surface area contributed by atoms with Crippen LogP contribution < -0.4 is 13.9 Å². The number of methoxy groups -OCH3 is 1. The number of amides is 1. The minimum absolute atomic E-state index is 0.0402. The highest BCUT2D eigenvalue weighted by atomic mass is 127. The number of anilines is 1. The van der Waals surface area contributed by atoms with E-state index in [0.29, 0.717) is 26.1 Å². The molecular weight excluding hydrogens is 627 g/mol. The molecule has 0 N–H and O–H groups in total. The zero-order chi connectivity index (χ0) is 27.6. The molecule has 1 heterocycles. The van der Waals surface area contributed by atoms with Gasteiger partial charge in [0.25, 0.3) is 5.91 Å². The minimum Gasteiger partial charge on any atom is -0.493 e. The number of ether oxygens (including phenoxy) is 1. The van der Waals surface area contributed by atoms with Gasteiger partial charge < -0.3 is 8.92 Å². The summed E-state index contributed by atoms with van der Waals surface area (Å²) in [5.74, 6) is 0.00531. The third-order valence-electron chi connectivity index (χ3n) is 5.99. The number of hydrogen-bond donors (Lipinski definition) is 0. The van der Waals surface area contributed by atoms with Gasteiger partial charge in [-0.25, -0.2) is 0 Å². The van der Waals surface area contributed by atoms with Gasteiger partial charge in [0.2, 0.25) is 0 Å². The molecule has 1 amide bonds. The number of rotatable bonds is 7. The number of hydrazone groups is 1. The van der Waals surface area contributed by atoms with E-state index in [2.05, 4.69) is 5.10 Å². The normalized spacial score (nSPS) is 14.4. The molecule has 39 heavy (non-hydrogen) atoms. The zero-order valence-corrected chi connectivity index (χ0v) is 24.0. The first-order valence-corrected chi connectivity index (χ1v) is 14.4. The Kier molecular flexibility index (Phi) is 7.53. The maximum Gasteiger partial charge on any atom is 0.339 e. The monoisotopic (exact) mass is 650 g/mol. The van der Waals surface area contributed by atoms with Gasteiger partial charge in [-0.1, -0.05) is 66.2 Å².